The summed E-state index contributed by atoms with van der Waals surface area (Å²) in [5.74, 6) is -5.76. The highest BCUT2D eigenvalue weighted by Gasteiger charge is 2.34. The minimum Gasteiger partial charge on any atom is -0.481 e. The van der Waals surface area contributed by atoms with Crippen molar-refractivity contribution in [1.29, 1.82) is 0 Å². The molecule has 0 heterocycles. The van der Waals surface area contributed by atoms with Gasteiger partial charge in [0, 0.05) is 0 Å². The van der Waals surface area contributed by atoms with E-state index in [1.807, 2.05) is 0 Å². The molecule has 0 bridgehead atoms. The Labute approximate surface area is 184 Å². The highest BCUT2D eigenvalue weighted by molar-refractivity contribution is 5.95. The molecule has 0 rings (SSSR count). The fourth-order valence-corrected chi connectivity index (χ4v) is 2.61. The number of unbranched alkanes of at least 4 members (excludes halogenated alkanes) is 1. The van der Waals surface area contributed by atoms with Gasteiger partial charge < -0.3 is 47.8 Å². The van der Waals surface area contributed by atoms with Gasteiger partial charge >= 0.3 is 11.9 Å². The minimum absolute atomic E-state index is 0.0760. The van der Waals surface area contributed by atoms with Gasteiger partial charge in [0.05, 0.1) is 24.7 Å². The first-order valence-electron chi connectivity index (χ1n) is 9.99. The summed E-state index contributed by atoms with van der Waals surface area (Å²) < 4.78 is 0. The fourth-order valence-electron chi connectivity index (χ4n) is 2.61. The second-order valence-corrected chi connectivity index (χ2v) is 7.34. The third kappa shape index (κ3) is 10.5. The second kappa shape index (κ2) is 14.3. The van der Waals surface area contributed by atoms with Crippen molar-refractivity contribution in [3.63, 3.8) is 0 Å². The number of amides is 3. The first kappa shape index (κ1) is 29.2. The Morgan fingerprint density at radius 2 is 1.28 bits per heavy atom. The molecule has 0 aliphatic rings. The van der Waals surface area contributed by atoms with Crippen LogP contribution < -0.4 is 27.4 Å². The van der Waals surface area contributed by atoms with Gasteiger partial charge in [-0.2, -0.15) is 0 Å². The fraction of sp³-hybridized carbons (Fsp3) is 0.722. The molecule has 0 saturated heterocycles. The van der Waals surface area contributed by atoms with Crippen LogP contribution in [0.2, 0.25) is 0 Å². The van der Waals surface area contributed by atoms with Crippen LogP contribution in [0.15, 0.2) is 0 Å². The maximum atomic E-state index is 12.6. The van der Waals surface area contributed by atoms with Gasteiger partial charge in [-0.25, -0.2) is 4.79 Å². The van der Waals surface area contributed by atoms with E-state index >= 15 is 0 Å². The predicted octanol–water partition coefficient (Wildman–Crippen LogP) is -3.78. The smallest absolute Gasteiger partial charge is 0.326 e. The largest absolute Gasteiger partial charge is 0.481 e. The number of aliphatic hydroxyl groups is 2. The summed E-state index contributed by atoms with van der Waals surface area (Å²) in [4.78, 5) is 59.1. The van der Waals surface area contributed by atoms with E-state index in [1.54, 1.807) is 0 Å². The van der Waals surface area contributed by atoms with Gasteiger partial charge in [0.15, 0.2) is 0 Å². The van der Waals surface area contributed by atoms with Crippen LogP contribution in [-0.2, 0) is 24.0 Å². The average Bonchev–Trinajstić information content (AvgIpc) is 2.67. The third-order valence-electron chi connectivity index (χ3n) is 4.42. The van der Waals surface area contributed by atoms with E-state index in [4.69, 9.17) is 16.6 Å². The molecule has 3 amide bonds. The van der Waals surface area contributed by atoms with E-state index in [0.29, 0.717) is 19.4 Å². The number of carboxylic acids is 2. The molecule has 32 heavy (non-hydrogen) atoms. The number of carboxylic acid groups (broad SMARTS) is 2. The molecule has 0 fully saturated rings. The van der Waals surface area contributed by atoms with Crippen LogP contribution in [0.3, 0.4) is 0 Å². The molecule has 6 atom stereocenters. The molecule has 14 nitrogen and oxygen atoms in total. The SMILES string of the molecule is CC(O)C(NC(=O)C(N)CC(=O)O)C(=O)NC(C(=O)NC(CCCCN)C(=O)O)C(C)O. The molecular formula is C18H33N5O9. The van der Waals surface area contributed by atoms with Crippen LogP contribution in [0.5, 0.6) is 0 Å². The summed E-state index contributed by atoms with van der Waals surface area (Å²) in [5, 5.41) is 44.2. The highest BCUT2D eigenvalue weighted by atomic mass is 16.4. The number of aliphatic hydroxyl groups excluding tert-OH is 2. The lowest BCUT2D eigenvalue weighted by Gasteiger charge is -2.27. The van der Waals surface area contributed by atoms with Crippen LogP contribution in [0.1, 0.15) is 39.5 Å². The Balaban J connectivity index is 5.30. The van der Waals surface area contributed by atoms with Crippen molar-refractivity contribution in [2.75, 3.05) is 6.54 Å². The topological polar surface area (TPSA) is 254 Å². The molecule has 0 aliphatic heterocycles. The average molecular weight is 463 g/mol. The summed E-state index contributed by atoms with van der Waals surface area (Å²) in [5.41, 5.74) is 10.8. The second-order valence-electron chi connectivity index (χ2n) is 7.34. The molecule has 11 N–H and O–H groups in total. The number of hydrogen-bond acceptors (Lipinski definition) is 9. The minimum atomic E-state index is -1.63. The highest BCUT2D eigenvalue weighted by Crippen LogP contribution is 2.04. The summed E-state index contributed by atoms with van der Waals surface area (Å²) in [6, 6.07) is -6.02. The molecule has 0 aliphatic carbocycles. The van der Waals surface area contributed by atoms with E-state index < -0.39 is 72.5 Å². The van der Waals surface area contributed by atoms with Crippen molar-refractivity contribution in [2.24, 2.45) is 11.5 Å². The summed E-state index contributed by atoms with van der Waals surface area (Å²) in [6.45, 7) is 2.67. The summed E-state index contributed by atoms with van der Waals surface area (Å²) in [6.07, 6.45) is -2.62. The Morgan fingerprint density at radius 3 is 1.69 bits per heavy atom. The number of carbonyl (C=O) groups is 5. The van der Waals surface area contributed by atoms with Crippen LogP contribution in [-0.4, -0.2) is 93.0 Å². The van der Waals surface area contributed by atoms with Crippen molar-refractivity contribution < 1.29 is 44.4 Å². The maximum Gasteiger partial charge on any atom is 0.326 e. The molecule has 0 aromatic carbocycles. The van der Waals surface area contributed by atoms with Crippen molar-refractivity contribution >= 4 is 29.7 Å². The summed E-state index contributed by atoms with van der Waals surface area (Å²) in [7, 11) is 0. The third-order valence-corrected chi connectivity index (χ3v) is 4.42. The number of nitrogens with one attached hydrogen (secondary N) is 3. The molecule has 0 spiro atoms. The number of rotatable bonds is 15. The van der Waals surface area contributed by atoms with Gasteiger partial charge in [-0.05, 0) is 39.7 Å². The molecule has 0 aromatic rings. The van der Waals surface area contributed by atoms with Crippen LogP contribution in [0.4, 0.5) is 0 Å². The van der Waals surface area contributed by atoms with Crippen LogP contribution >= 0.6 is 0 Å². The number of nitrogens with two attached hydrogens (primary N) is 2. The molecule has 0 radical (unpaired) electrons. The number of aliphatic carboxylic acids is 2. The zero-order valence-electron chi connectivity index (χ0n) is 18.0. The monoisotopic (exact) mass is 463 g/mol. The lowest BCUT2D eigenvalue weighted by atomic mass is 10.1. The Morgan fingerprint density at radius 1 is 0.812 bits per heavy atom. The predicted molar refractivity (Wildman–Crippen MR) is 110 cm³/mol. The Bertz CT molecular complexity index is 671. The Kier molecular flexibility index (Phi) is 13.0. The van der Waals surface area contributed by atoms with Gasteiger partial charge in [0.1, 0.15) is 18.1 Å². The lowest BCUT2D eigenvalue weighted by molar-refractivity contribution is -0.143. The first-order valence-corrected chi connectivity index (χ1v) is 9.99. The van der Waals surface area contributed by atoms with Gasteiger partial charge in [-0.1, -0.05) is 0 Å². The van der Waals surface area contributed by atoms with Crippen molar-refractivity contribution in [3.05, 3.63) is 0 Å². The first-order chi connectivity index (χ1) is 14.8. The molecule has 6 unspecified atom stereocenters. The Hall–Kier alpha value is -2.81. The molecular weight excluding hydrogens is 430 g/mol. The molecule has 14 heteroatoms. The van der Waals surface area contributed by atoms with Crippen molar-refractivity contribution in [2.45, 2.75) is 75.9 Å². The number of carbonyl (C=O) groups excluding carboxylic acids is 3. The van der Waals surface area contributed by atoms with E-state index in [-0.39, 0.29) is 6.42 Å². The zero-order chi connectivity index (χ0) is 25.0. The van der Waals surface area contributed by atoms with E-state index in [2.05, 4.69) is 16.0 Å². The normalized spacial score (nSPS) is 16.6. The van der Waals surface area contributed by atoms with Crippen molar-refractivity contribution in [1.82, 2.24) is 16.0 Å². The molecule has 184 valence electrons. The van der Waals surface area contributed by atoms with Crippen LogP contribution in [0.25, 0.3) is 0 Å². The number of hydrogen-bond donors (Lipinski definition) is 9. The van der Waals surface area contributed by atoms with E-state index in [9.17, 15) is 39.3 Å². The molecule has 0 aromatic heterocycles. The van der Waals surface area contributed by atoms with Crippen molar-refractivity contribution in [3.8, 4) is 0 Å². The standard InChI is InChI=1S/C18H33N5O9/c1-8(24)13(16(29)21-11(18(31)32)5-3-4-6-19)23-17(30)14(9(2)25)22-15(28)10(20)7-12(26)27/h8-11,13-14,24-25H,3-7,19-20H2,1-2H3,(H,21,29)(H,22,28)(H,23,30)(H,26,27)(H,31,32). The zero-order valence-corrected chi connectivity index (χ0v) is 18.0. The van der Waals surface area contributed by atoms with Gasteiger partial charge in [0.25, 0.3) is 0 Å². The van der Waals surface area contributed by atoms with Gasteiger partial charge in [-0.15, -0.1) is 0 Å². The quantitative estimate of drug-likeness (QED) is 0.106. The van der Waals surface area contributed by atoms with E-state index in [1.165, 1.54) is 6.92 Å². The molecule has 0 saturated carbocycles. The van der Waals surface area contributed by atoms with Gasteiger partial charge in [-0.3, -0.25) is 19.2 Å². The van der Waals surface area contributed by atoms with Gasteiger partial charge in [0.2, 0.25) is 17.7 Å². The van der Waals surface area contributed by atoms with Crippen LogP contribution in [0, 0.1) is 0 Å². The maximum absolute atomic E-state index is 12.6. The lowest BCUT2D eigenvalue weighted by Crippen LogP contribution is -2.61. The van der Waals surface area contributed by atoms with E-state index in [0.717, 1.165) is 6.92 Å². The summed E-state index contributed by atoms with van der Waals surface area (Å²) >= 11 is 0.